The fourth-order valence-electron chi connectivity index (χ4n) is 0.710. The van der Waals surface area contributed by atoms with E-state index in [-0.39, 0.29) is 5.41 Å². The minimum Gasteiger partial charge on any atom is -0.480 e. The molecule has 4 N–H and O–H groups in total. The monoisotopic (exact) mass is 216 g/mol. The van der Waals surface area contributed by atoms with E-state index >= 15 is 0 Å². The minimum atomic E-state index is -1.40. The average molecular weight is 216 g/mol. The second-order valence-electron chi connectivity index (χ2n) is 4.98. The van der Waals surface area contributed by atoms with Gasteiger partial charge < -0.3 is 16.2 Å². The SMILES string of the molecule is CC(C)(CN)CNC(=O)C(C)(C)C(=O)O. The van der Waals surface area contributed by atoms with Crippen LogP contribution in [0, 0.1) is 10.8 Å². The summed E-state index contributed by atoms with van der Waals surface area (Å²) < 4.78 is 0. The minimum absolute atomic E-state index is 0.218. The summed E-state index contributed by atoms with van der Waals surface area (Å²) in [7, 11) is 0. The molecule has 15 heavy (non-hydrogen) atoms. The molecule has 0 fully saturated rings. The van der Waals surface area contributed by atoms with Gasteiger partial charge in [0, 0.05) is 6.54 Å². The number of carboxylic acids is 1. The van der Waals surface area contributed by atoms with Gasteiger partial charge in [-0.2, -0.15) is 0 Å². The molecule has 0 spiro atoms. The standard InChI is InChI=1S/C10H20N2O3/c1-9(2,5-11)6-12-7(13)10(3,4)8(14)15/h5-6,11H2,1-4H3,(H,12,13)(H,14,15). The van der Waals surface area contributed by atoms with Crippen molar-refractivity contribution in [2.45, 2.75) is 27.7 Å². The number of nitrogens with two attached hydrogens (primary N) is 1. The van der Waals surface area contributed by atoms with Crippen LogP contribution in [0.1, 0.15) is 27.7 Å². The number of rotatable bonds is 5. The molecule has 88 valence electrons. The highest BCUT2D eigenvalue weighted by Gasteiger charge is 2.36. The van der Waals surface area contributed by atoms with Gasteiger partial charge in [0.15, 0.2) is 0 Å². The van der Waals surface area contributed by atoms with Gasteiger partial charge in [-0.25, -0.2) is 0 Å². The fraction of sp³-hybridized carbons (Fsp3) is 0.800. The molecule has 0 aliphatic heterocycles. The van der Waals surface area contributed by atoms with Crippen molar-refractivity contribution in [1.29, 1.82) is 0 Å². The van der Waals surface area contributed by atoms with Crippen molar-refractivity contribution in [3.05, 3.63) is 0 Å². The molecule has 0 bridgehead atoms. The lowest BCUT2D eigenvalue weighted by molar-refractivity contribution is -0.153. The number of carbonyl (C=O) groups is 2. The molecule has 0 rings (SSSR count). The highest BCUT2D eigenvalue weighted by atomic mass is 16.4. The van der Waals surface area contributed by atoms with Gasteiger partial charge in [0.1, 0.15) is 5.41 Å². The van der Waals surface area contributed by atoms with Crippen LogP contribution in [0.25, 0.3) is 0 Å². The first-order valence-electron chi connectivity index (χ1n) is 4.85. The van der Waals surface area contributed by atoms with E-state index in [1.807, 2.05) is 13.8 Å². The summed E-state index contributed by atoms with van der Waals surface area (Å²) in [6, 6.07) is 0. The van der Waals surface area contributed by atoms with Gasteiger partial charge in [-0.1, -0.05) is 13.8 Å². The van der Waals surface area contributed by atoms with Crippen molar-refractivity contribution in [2.24, 2.45) is 16.6 Å². The Bertz CT molecular complexity index is 259. The molecule has 1 amide bonds. The lowest BCUT2D eigenvalue weighted by Gasteiger charge is -2.25. The Hall–Kier alpha value is -1.10. The van der Waals surface area contributed by atoms with Crippen LogP contribution < -0.4 is 11.1 Å². The molecule has 0 saturated carbocycles. The summed E-state index contributed by atoms with van der Waals surface area (Å²) in [5.74, 6) is -1.62. The molecule has 0 saturated heterocycles. The van der Waals surface area contributed by atoms with Gasteiger partial charge >= 0.3 is 5.97 Å². The Morgan fingerprint density at radius 2 is 1.73 bits per heavy atom. The molecule has 0 aliphatic carbocycles. The smallest absolute Gasteiger partial charge is 0.318 e. The number of nitrogens with one attached hydrogen (secondary N) is 1. The van der Waals surface area contributed by atoms with Crippen LogP contribution >= 0.6 is 0 Å². The van der Waals surface area contributed by atoms with Crippen molar-refractivity contribution in [2.75, 3.05) is 13.1 Å². The van der Waals surface area contributed by atoms with Crippen LogP contribution in [0.5, 0.6) is 0 Å². The lowest BCUT2D eigenvalue weighted by atomic mass is 9.90. The number of hydrogen-bond acceptors (Lipinski definition) is 3. The van der Waals surface area contributed by atoms with Crippen molar-refractivity contribution in [3.63, 3.8) is 0 Å². The Labute approximate surface area is 90.0 Å². The largest absolute Gasteiger partial charge is 0.480 e. The zero-order valence-corrected chi connectivity index (χ0v) is 9.76. The third-order valence-corrected chi connectivity index (χ3v) is 2.38. The summed E-state index contributed by atoms with van der Waals surface area (Å²) in [5.41, 5.74) is 3.88. The number of carbonyl (C=O) groups excluding carboxylic acids is 1. The van der Waals surface area contributed by atoms with Gasteiger partial charge in [-0.3, -0.25) is 9.59 Å². The number of amides is 1. The summed E-state index contributed by atoms with van der Waals surface area (Å²) in [6.07, 6.45) is 0. The summed E-state index contributed by atoms with van der Waals surface area (Å²) in [5, 5.41) is 11.4. The molecule has 0 aromatic carbocycles. The van der Waals surface area contributed by atoms with Crippen LogP contribution in [-0.2, 0) is 9.59 Å². The molecular weight excluding hydrogens is 196 g/mol. The van der Waals surface area contributed by atoms with E-state index in [9.17, 15) is 9.59 Å². The molecule has 5 heteroatoms. The maximum atomic E-state index is 11.5. The predicted molar refractivity (Wildman–Crippen MR) is 57.3 cm³/mol. The van der Waals surface area contributed by atoms with Crippen molar-refractivity contribution in [1.82, 2.24) is 5.32 Å². The zero-order valence-electron chi connectivity index (χ0n) is 9.76. The van der Waals surface area contributed by atoms with E-state index < -0.39 is 17.3 Å². The Morgan fingerprint density at radius 3 is 2.07 bits per heavy atom. The van der Waals surface area contributed by atoms with Crippen LogP contribution in [0.2, 0.25) is 0 Å². The third kappa shape index (κ3) is 3.87. The lowest BCUT2D eigenvalue weighted by Crippen LogP contribution is -2.46. The fourth-order valence-corrected chi connectivity index (χ4v) is 0.710. The summed E-state index contributed by atoms with van der Waals surface area (Å²) in [6.45, 7) is 7.36. The van der Waals surface area contributed by atoms with Gasteiger partial charge in [-0.05, 0) is 25.8 Å². The molecule has 0 unspecified atom stereocenters. The van der Waals surface area contributed by atoms with E-state index in [4.69, 9.17) is 10.8 Å². The van der Waals surface area contributed by atoms with E-state index in [0.717, 1.165) is 0 Å². The first-order chi connectivity index (χ1) is 6.63. The van der Waals surface area contributed by atoms with E-state index in [1.54, 1.807) is 0 Å². The molecule has 0 heterocycles. The van der Waals surface area contributed by atoms with Crippen molar-refractivity contribution < 1.29 is 14.7 Å². The topological polar surface area (TPSA) is 92.4 Å². The van der Waals surface area contributed by atoms with Crippen LogP contribution in [0.4, 0.5) is 0 Å². The zero-order chi connectivity index (χ0) is 12.3. The second-order valence-corrected chi connectivity index (χ2v) is 4.98. The maximum Gasteiger partial charge on any atom is 0.318 e. The molecule has 0 radical (unpaired) electrons. The van der Waals surface area contributed by atoms with E-state index in [1.165, 1.54) is 13.8 Å². The van der Waals surface area contributed by atoms with Gasteiger partial charge in [0.2, 0.25) is 5.91 Å². The van der Waals surface area contributed by atoms with Gasteiger partial charge in [-0.15, -0.1) is 0 Å². The van der Waals surface area contributed by atoms with Crippen LogP contribution in [0.3, 0.4) is 0 Å². The normalized spacial score (nSPS) is 12.3. The number of aliphatic carboxylic acids is 1. The Kier molecular flexibility index (Phi) is 4.27. The molecule has 0 atom stereocenters. The maximum absolute atomic E-state index is 11.5. The van der Waals surface area contributed by atoms with Crippen molar-refractivity contribution >= 4 is 11.9 Å². The highest BCUT2D eigenvalue weighted by molar-refractivity contribution is 6.00. The van der Waals surface area contributed by atoms with Crippen molar-refractivity contribution in [3.8, 4) is 0 Å². The number of hydrogen-bond donors (Lipinski definition) is 3. The van der Waals surface area contributed by atoms with E-state index in [0.29, 0.717) is 13.1 Å². The van der Waals surface area contributed by atoms with Crippen LogP contribution in [0.15, 0.2) is 0 Å². The molecule has 0 aliphatic rings. The average Bonchev–Trinajstić information content (AvgIpc) is 2.14. The molecule has 0 aromatic rings. The number of carboxylic acid groups (broad SMARTS) is 1. The Morgan fingerprint density at radius 1 is 1.27 bits per heavy atom. The van der Waals surface area contributed by atoms with Crippen LogP contribution in [-0.4, -0.2) is 30.1 Å². The molecule has 5 nitrogen and oxygen atoms in total. The first kappa shape index (κ1) is 13.9. The highest BCUT2D eigenvalue weighted by Crippen LogP contribution is 2.16. The first-order valence-corrected chi connectivity index (χ1v) is 4.85. The summed E-state index contributed by atoms with van der Waals surface area (Å²) >= 11 is 0. The third-order valence-electron chi connectivity index (χ3n) is 2.38. The summed E-state index contributed by atoms with van der Waals surface area (Å²) in [4.78, 5) is 22.3. The molecular formula is C10H20N2O3. The molecule has 0 aromatic heterocycles. The predicted octanol–water partition coefficient (Wildman–Crippen LogP) is 0.198. The van der Waals surface area contributed by atoms with Gasteiger partial charge in [0.25, 0.3) is 0 Å². The van der Waals surface area contributed by atoms with Gasteiger partial charge in [0.05, 0.1) is 0 Å². The van der Waals surface area contributed by atoms with E-state index in [2.05, 4.69) is 5.32 Å². The Balaban J connectivity index is 4.34. The quantitative estimate of drug-likeness (QED) is 0.572. The second kappa shape index (κ2) is 4.61.